The van der Waals surface area contributed by atoms with Crippen LogP contribution in [0.25, 0.3) is 31.3 Å². The van der Waals surface area contributed by atoms with Crippen LogP contribution in [0.3, 0.4) is 0 Å². The molecule has 3 saturated heterocycles. The van der Waals surface area contributed by atoms with Crippen molar-refractivity contribution >= 4 is 43.6 Å². The van der Waals surface area contributed by atoms with Gasteiger partial charge in [-0.2, -0.15) is 13.2 Å². The third kappa shape index (κ3) is 37.7. The summed E-state index contributed by atoms with van der Waals surface area (Å²) in [6, 6.07) is 0. The van der Waals surface area contributed by atoms with Crippen LogP contribution in [0.2, 0.25) is 0 Å². The van der Waals surface area contributed by atoms with Gasteiger partial charge in [-0.1, -0.05) is 45.1 Å². The van der Waals surface area contributed by atoms with E-state index < -0.39 is 16.2 Å². The quantitative estimate of drug-likeness (QED) is 0.0373. The number of azide groups is 3. The predicted octanol–water partition coefficient (Wildman–Crippen LogP) is 8.84. The molecule has 3 aliphatic heterocycles. The summed E-state index contributed by atoms with van der Waals surface area (Å²) in [7, 11) is 4.77. The standard InChI is InChI=1S/2C10H20N4.C6H14N2.C3H6BrN3.CF3O2S.Ag.BrH.O/c2*1-10(4-3-7-12-13-11)5-8-14(2)9-6-10;1-7-3-5-8(2)6-4-7;4-2-1-3-6-7-5;2-1(3,4)7(5)6;;;/h2*3-9H2,1-2H3;3-6H2,1-2H3;1-3H2;;;1H;/q;;;;-1;;;. The molecule has 23 heteroatoms. The van der Waals surface area contributed by atoms with Crippen LogP contribution in [-0.2, 0) is 43.4 Å². The molecule has 16 nitrogen and oxygen atoms in total. The Balaban J connectivity index is -0.000000288. The molecule has 317 valence electrons. The topological polar surface area (TPSA) is 210 Å². The summed E-state index contributed by atoms with van der Waals surface area (Å²) in [5.41, 5.74) is 19.9. The molecule has 3 rings (SSSR count). The van der Waals surface area contributed by atoms with E-state index in [1.807, 2.05) is 0 Å². The molecule has 0 N–H and O–H groups in total. The van der Waals surface area contributed by atoms with E-state index in [4.69, 9.17) is 28.3 Å². The second-order valence-electron chi connectivity index (χ2n) is 13.6. The summed E-state index contributed by atoms with van der Waals surface area (Å²) in [5.74, 6) is 0. The van der Waals surface area contributed by atoms with Crippen LogP contribution < -0.4 is 0 Å². The molecule has 3 fully saturated rings. The molecule has 0 aromatic rings. The Morgan fingerprint density at radius 2 is 0.887 bits per heavy atom. The van der Waals surface area contributed by atoms with Gasteiger partial charge in [0.2, 0.25) is 0 Å². The van der Waals surface area contributed by atoms with Crippen molar-refractivity contribution in [2.24, 2.45) is 26.2 Å². The van der Waals surface area contributed by atoms with Crippen LogP contribution in [0.1, 0.15) is 71.6 Å². The summed E-state index contributed by atoms with van der Waals surface area (Å²) >= 11 is 4.90. The normalized spacial score (nSPS) is 18.1. The first-order valence-corrected chi connectivity index (χ1v) is 19.9. The molecular weight excluding hydrogens is 947 g/mol. The number of hydrogen-bond acceptors (Lipinski definition) is 11. The van der Waals surface area contributed by atoms with Gasteiger partial charge in [0.25, 0.3) is 0 Å². The fraction of sp³-hybridized carbons (Fsp3) is 1.00. The molecule has 0 unspecified atom stereocenters. The number of piperidine rings is 2. The van der Waals surface area contributed by atoms with E-state index in [9.17, 15) is 13.2 Å². The van der Waals surface area contributed by atoms with Crippen molar-refractivity contribution in [1.82, 2.24) is 19.6 Å². The van der Waals surface area contributed by atoms with Gasteiger partial charge in [-0.05, 0) is 140 Å². The van der Waals surface area contributed by atoms with Crippen molar-refractivity contribution in [3.63, 3.8) is 0 Å². The van der Waals surface area contributed by atoms with Crippen LogP contribution in [-0.4, -0.2) is 131 Å². The van der Waals surface area contributed by atoms with E-state index in [1.54, 1.807) is 21.0 Å². The Morgan fingerprint density at radius 1 is 0.642 bits per heavy atom. The summed E-state index contributed by atoms with van der Waals surface area (Å²) in [6.07, 6.45) is 10.5. The van der Waals surface area contributed by atoms with Crippen molar-refractivity contribution < 1.29 is 45.9 Å². The average molecular weight is 1010 g/mol. The molecule has 0 atom stereocenters. The molecule has 0 aliphatic carbocycles. The number of halogens is 5. The van der Waals surface area contributed by atoms with E-state index in [2.05, 4.69) is 108 Å². The van der Waals surface area contributed by atoms with Crippen molar-refractivity contribution in [1.29, 1.82) is 0 Å². The monoisotopic (exact) mass is 1010 g/mol. The Morgan fingerprint density at radius 3 is 1.11 bits per heavy atom. The first kappa shape index (κ1) is 58.7. The number of nitrogens with zero attached hydrogens (tertiary/aromatic N) is 13. The van der Waals surface area contributed by atoms with Crippen LogP contribution in [0, 0.1) is 10.8 Å². The van der Waals surface area contributed by atoms with Gasteiger partial charge >= 0.3 is 29.8 Å². The fourth-order valence-corrected chi connectivity index (χ4v) is 5.39. The molecule has 0 amide bonds. The third-order valence-electron chi connectivity index (χ3n) is 8.96. The van der Waals surface area contributed by atoms with Crippen LogP contribution in [0.15, 0.2) is 15.3 Å². The van der Waals surface area contributed by atoms with E-state index in [0.717, 1.165) is 24.6 Å². The number of alkyl halides is 4. The zero-order chi connectivity index (χ0) is 40.5. The minimum absolute atomic E-state index is 0. The first-order valence-electron chi connectivity index (χ1n) is 17.1. The van der Waals surface area contributed by atoms with Gasteiger partial charge in [-0.15, -0.1) is 17.0 Å². The molecule has 0 aromatic heterocycles. The van der Waals surface area contributed by atoms with Gasteiger partial charge in [-0.25, -0.2) is 0 Å². The number of likely N-dealkylation sites (N-methyl/N-ethyl adjacent to an activating group) is 2. The second kappa shape index (κ2) is 36.6. The second-order valence-corrected chi connectivity index (χ2v) is 15.4. The third-order valence-corrected chi connectivity index (χ3v) is 9.90. The molecular formula is C30H61AgBr2F3N13O3S-. The SMILES string of the molecule is Br.CN1CCC(C)(CCCN=[N+]=[N-])CC1.CN1CCC(C)(CCCN=[N+]=[N-])CC1.CN1CCN(C)CC1.O=[S-](=O)C(F)(F)F.[N-]=[N+]=NCCCBr.[O]=[Ag]. The number of piperazine rings is 1. The zero-order valence-corrected chi connectivity index (χ0v) is 37.6. The van der Waals surface area contributed by atoms with E-state index in [1.165, 1.54) is 90.9 Å². The summed E-state index contributed by atoms with van der Waals surface area (Å²) in [6.45, 7) is 16.4. The molecule has 0 spiro atoms. The average Bonchev–Trinajstić information content (AvgIpc) is 3.11. The van der Waals surface area contributed by atoms with Gasteiger partial charge in [0, 0.05) is 76.6 Å². The van der Waals surface area contributed by atoms with E-state index >= 15 is 0 Å². The number of rotatable bonds is 11. The predicted molar refractivity (Wildman–Crippen MR) is 209 cm³/mol. The molecule has 0 aromatic carbocycles. The van der Waals surface area contributed by atoms with Gasteiger partial charge in [0.15, 0.2) is 0 Å². The van der Waals surface area contributed by atoms with Crippen LogP contribution in [0.5, 0.6) is 0 Å². The zero-order valence-electron chi connectivity index (χ0n) is 32.0. The molecule has 0 saturated carbocycles. The Hall–Kier alpha value is -0.990. The van der Waals surface area contributed by atoms with E-state index in [-0.39, 0.29) is 17.0 Å². The summed E-state index contributed by atoms with van der Waals surface area (Å²) in [4.78, 5) is 17.6. The Kier molecular flexibility index (Phi) is 40.6. The van der Waals surface area contributed by atoms with E-state index in [0.29, 0.717) is 30.5 Å². The fourth-order valence-electron chi connectivity index (χ4n) is 5.14. The first-order chi connectivity index (χ1) is 24.5. The molecule has 3 heterocycles. The van der Waals surface area contributed by atoms with Crippen molar-refractivity contribution in [3.05, 3.63) is 31.3 Å². The van der Waals surface area contributed by atoms with Crippen molar-refractivity contribution in [3.8, 4) is 0 Å². The minimum atomic E-state index is -5.08. The van der Waals surface area contributed by atoms with Gasteiger partial charge in [-0.3, -0.25) is 0 Å². The molecule has 0 bridgehead atoms. The molecule has 3 aliphatic rings. The van der Waals surface area contributed by atoms with Crippen molar-refractivity contribution in [2.45, 2.75) is 77.1 Å². The van der Waals surface area contributed by atoms with Crippen LogP contribution >= 0.6 is 32.9 Å². The van der Waals surface area contributed by atoms with Crippen LogP contribution in [0.4, 0.5) is 13.2 Å². The summed E-state index contributed by atoms with van der Waals surface area (Å²) in [5, 5.41) is 11.4. The maximum absolute atomic E-state index is 10.6. The number of hydrogen-bond donors (Lipinski definition) is 0. The summed E-state index contributed by atoms with van der Waals surface area (Å²) < 4.78 is 57.5. The Bertz CT molecular complexity index is 1060. The molecule has 53 heavy (non-hydrogen) atoms. The van der Waals surface area contributed by atoms with Gasteiger partial charge < -0.3 is 28.0 Å². The Labute approximate surface area is 347 Å². The number of likely N-dealkylation sites (tertiary alicyclic amines) is 2. The maximum atomic E-state index is 10.6. The van der Waals surface area contributed by atoms with Crippen molar-refractivity contribution in [2.75, 3.05) is 106 Å². The molecule has 0 radical (unpaired) electrons. The van der Waals surface area contributed by atoms with Gasteiger partial charge in [0.1, 0.15) is 0 Å². The van der Waals surface area contributed by atoms with Gasteiger partial charge in [0.05, 0.1) is 0 Å².